The maximum Gasteiger partial charge on any atom is 0.303 e. The summed E-state index contributed by atoms with van der Waals surface area (Å²) in [5.41, 5.74) is 3.15. The fraction of sp³-hybridized carbons (Fsp3) is 0.350. The largest absolute Gasteiger partial charge is 0.493 e. The number of aliphatic carboxylic acids is 1. The van der Waals surface area contributed by atoms with Crippen molar-refractivity contribution >= 4 is 5.97 Å². The molecule has 0 bridgehead atoms. The summed E-state index contributed by atoms with van der Waals surface area (Å²) in [5, 5.41) is 18.1. The zero-order valence-corrected chi connectivity index (χ0v) is 13.9. The molecule has 0 aromatic heterocycles. The number of aliphatic hydroxyl groups excluding tert-OH is 1. The lowest BCUT2D eigenvalue weighted by atomic mass is 9.99. The van der Waals surface area contributed by atoms with Crippen molar-refractivity contribution in [2.24, 2.45) is 0 Å². The Balaban J connectivity index is 2.18. The van der Waals surface area contributed by atoms with Crippen molar-refractivity contribution in [3.05, 3.63) is 54.1 Å². The molecule has 24 heavy (non-hydrogen) atoms. The predicted octanol–water partition coefficient (Wildman–Crippen LogP) is 3.91. The molecule has 1 unspecified atom stereocenters. The van der Waals surface area contributed by atoms with Crippen LogP contribution in [-0.2, 0) is 11.2 Å². The molecule has 0 heterocycles. The average molecular weight is 328 g/mol. The molecular weight excluding hydrogens is 304 g/mol. The number of hydrogen-bond donors (Lipinski definition) is 2. The number of benzene rings is 2. The number of carbonyl (C=O) groups is 1. The summed E-state index contributed by atoms with van der Waals surface area (Å²) in [4.78, 5) is 10.7. The lowest BCUT2D eigenvalue weighted by Crippen LogP contribution is -2.08. The van der Waals surface area contributed by atoms with Crippen molar-refractivity contribution in [3.63, 3.8) is 0 Å². The summed E-state index contributed by atoms with van der Waals surface area (Å²) < 4.78 is 5.85. The van der Waals surface area contributed by atoms with Crippen LogP contribution in [0, 0.1) is 0 Å². The van der Waals surface area contributed by atoms with Crippen molar-refractivity contribution in [2.75, 3.05) is 6.61 Å². The van der Waals surface area contributed by atoms with Crippen LogP contribution in [0.25, 0.3) is 11.1 Å². The Morgan fingerprint density at radius 1 is 1.17 bits per heavy atom. The van der Waals surface area contributed by atoms with Crippen LogP contribution in [0.15, 0.2) is 48.5 Å². The molecule has 1 atom stereocenters. The molecule has 0 aliphatic rings. The summed E-state index contributed by atoms with van der Waals surface area (Å²) in [6.07, 6.45) is 1.70. The molecular formula is C20H24O4. The highest BCUT2D eigenvalue weighted by Gasteiger charge is 2.09. The minimum absolute atomic E-state index is 0.174. The van der Waals surface area contributed by atoms with Crippen LogP contribution in [0.3, 0.4) is 0 Å². The Bertz CT molecular complexity index is 650. The molecule has 4 nitrogen and oxygen atoms in total. The summed E-state index contributed by atoms with van der Waals surface area (Å²) >= 11 is 0. The molecule has 0 fully saturated rings. The third kappa shape index (κ3) is 5.70. The summed E-state index contributed by atoms with van der Waals surface area (Å²) in [5.74, 6) is 0.0141. The van der Waals surface area contributed by atoms with E-state index in [2.05, 4.69) is 6.07 Å². The highest BCUT2D eigenvalue weighted by atomic mass is 16.5. The van der Waals surface area contributed by atoms with Gasteiger partial charge >= 0.3 is 5.97 Å². The molecule has 128 valence electrons. The number of carboxylic acid groups (broad SMARTS) is 1. The molecule has 0 amide bonds. The van der Waals surface area contributed by atoms with Crippen LogP contribution >= 0.6 is 0 Å². The van der Waals surface area contributed by atoms with Crippen LogP contribution in [-0.4, -0.2) is 28.9 Å². The number of aryl methyl sites for hydroxylation is 1. The van der Waals surface area contributed by atoms with E-state index in [-0.39, 0.29) is 12.5 Å². The van der Waals surface area contributed by atoms with Gasteiger partial charge in [-0.05, 0) is 43.0 Å². The Labute approximate surface area is 142 Å². The standard InChI is InChI=1S/C20H24O4/c1-15(21)12-13-24-19-11-10-16(6-5-9-20(22)23)14-18(19)17-7-3-2-4-8-17/h2-4,7-8,10-11,14-15,21H,5-6,9,12-13H2,1H3,(H,22,23). The van der Waals surface area contributed by atoms with E-state index in [1.165, 1.54) is 0 Å². The molecule has 0 spiro atoms. The monoisotopic (exact) mass is 328 g/mol. The zero-order valence-electron chi connectivity index (χ0n) is 13.9. The van der Waals surface area contributed by atoms with Gasteiger partial charge in [0, 0.05) is 18.4 Å². The summed E-state index contributed by atoms with van der Waals surface area (Å²) in [6.45, 7) is 2.20. The number of rotatable bonds is 9. The van der Waals surface area contributed by atoms with E-state index >= 15 is 0 Å². The molecule has 0 radical (unpaired) electrons. The minimum Gasteiger partial charge on any atom is -0.493 e. The van der Waals surface area contributed by atoms with Gasteiger partial charge in [0.05, 0.1) is 12.7 Å². The summed E-state index contributed by atoms with van der Waals surface area (Å²) in [6, 6.07) is 15.9. The van der Waals surface area contributed by atoms with Gasteiger partial charge in [0.2, 0.25) is 0 Å². The molecule has 0 aliphatic carbocycles. The van der Waals surface area contributed by atoms with E-state index in [4.69, 9.17) is 9.84 Å². The number of aliphatic hydroxyl groups is 1. The molecule has 0 saturated carbocycles. The first-order valence-corrected chi connectivity index (χ1v) is 8.27. The van der Waals surface area contributed by atoms with E-state index in [9.17, 15) is 9.90 Å². The van der Waals surface area contributed by atoms with Gasteiger partial charge in [0.1, 0.15) is 5.75 Å². The molecule has 2 aromatic rings. The highest BCUT2D eigenvalue weighted by molar-refractivity contribution is 5.71. The smallest absolute Gasteiger partial charge is 0.303 e. The molecule has 4 heteroatoms. The van der Waals surface area contributed by atoms with Crippen molar-refractivity contribution in [3.8, 4) is 16.9 Å². The molecule has 2 N–H and O–H groups in total. The fourth-order valence-electron chi connectivity index (χ4n) is 2.48. The SMILES string of the molecule is CC(O)CCOc1ccc(CCCC(=O)O)cc1-c1ccccc1. The van der Waals surface area contributed by atoms with Crippen molar-refractivity contribution in [1.29, 1.82) is 0 Å². The van der Waals surface area contributed by atoms with Gasteiger partial charge in [-0.1, -0.05) is 36.4 Å². The predicted molar refractivity (Wildman–Crippen MR) is 94.2 cm³/mol. The Morgan fingerprint density at radius 3 is 2.58 bits per heavy atom. The van der Waals surface area contributed by atoms with E-state index in [0.717, 1.165) is 28.9 Å². The highest BCUT2D eigenvalue weighted by Crippen LogP contribution is 2.31. The summed E-state index contributed by atoms with van der Waals surface area (Å²) in [7, 11) is 0. The number of carboxylic acids is 1. The van der Waals surface area contributed by atoms with E-state index in [0.29, 0.717) is 19.4 Å². The van der Waals surface area contributed by atoms with E-state index < -0.39 is 5.97 Å². The van der Waals surface area contributed by atoms with Gasteiger partial charge in [-0.25, -0.2) is 0 Å². The van der Waals surface area contributed by atoms with Crippen LogP contribution < -0.4 is 4.74 Å². The van der Waals surface area contributed by atoms with Crippen LogP contribution in [0.4, 0.5) is 0 Å². The minimum atomic E-state index is -0.767. The Hall–Kier alpha value is -2.33. The fourth-order valence-corrected chi connectivity index (χ4v) is 2.48. The van der Waals surface area contributed by atoms with Crippen molar-refractivity contribution < 1.29 is 19.7 Å². The van der Waals surface area contributed by atoms with Crippen LogP contribution in [0.1, 0.15) is 31.7 Å². The topological polar surface area (TPSA) is 66.8 Å². The average Bonchev–Trinajstić information content (AvgIpc) is 2.56. The van der Waals surface area contributed by atoms with Gasteiger partial charge in [0.25, 0.3) is 0 Å². The van der Waals surface area contributed by atoms with Crippen LogP contribution in [0.5, 0.6) is 5.75 Å². The van der Waals surface area contributed by atoms with E-state index in [1.807, 2.05) is 42.5 Å². The first-order valence-electron chi connectivity index (χ1n) is 8.27. The Morgan fingerprint density at radius 2 is 1.92 bits per heavy atom. The van der Waals surface area contributed by atoms with Gasteiger partial charge in [-0.15, -0.1) is 0 Å². The Kier molecular flexibility index (Phi) is 6.82. The van der Waals surface area contributed by atoms with Crippen molar-refractivity contribution in [1.82, 2.24) is 0 Å². The maximum atomic E-state index is 10.7. The molecule has 0 aliphatic heterocycles. The van der Waals surface area contributed by atoms with Gasteiger partial charge in [0.15, 0.2) is 0 Å². The van der Waals surface area contributed by atoms with Crippen LogP contribution in [0.2, 0.25) is 0 Å². The first-order chi connectivity index (χ1) is 11.6. The number of ether oxygens (including phenoxy) is 1. The first kappa shape index (κ1) is 18.0. The third-order valence-corrected chi connectivity index (χ3v) is 3.78. The lowest BCUT2D eigenvalue weighted by Gasteiger charge is -2.14. The quantitative estimate of drug-likeness (QED) is 0.732. The van der Waals surface area contributed by atoms with Gasteiger partial charge < -0.3 is 14.9 Å². The molecule has 2 aromatic carbocycles. The molecule has 2 rings (SSSR count). The second-order valence-corrected chi connectivity index (χ2v) is 5.93. The lowest BCUT2D eigenvalue weighted by molar-refractivity contribution is -0.137. The zero-order chi connectivity index (χ0) is 17.4. The second kappa shape index (κ2) is 9.08. The van der Waals surface area contributed by atoms with E-state index in [1.54, 1.807) is 6.92 Å². The van der Waals surface area contributed by atoms with Gasteiger partial charge in [-0.3, -0.25) is 4.79 Å². The normalized spacial score (nSPS) is 11.9. The number of hydrogen-bond acceptors (Lipinski definition) is 3. The third-order valence-electron chi connectivity index (χ3n) is 3.78. The molecule has 0 saturated heterocycles. The second-order valence-electron chi connectivity index (χ2n) is 5.93. The van der Waals surface area contributed by atoms with Gasteiger partial charge in [-0.2, -0.15) is 0 Å². The maximum absolute atomic E-state index is 10.7. The van der Waals surface area contributed by atoms with Crippen molar-refractivity contribution in [2.45, 2.75) is 38.7 Å².